The molecule has 0 amide bonds. The van der Waals surface area contributed by atoms with Crippen LogP contribution in [-0.2, 0) is 0 Å². The van der Waals surface area contributed by atoms with Crippen LogP contribution in [-0.4, -0.2) is 42.6 Å². The van der Waals surface area contributed by atoms with Crippen molar-refractivity contribution in [2.75, 3.05) is 26.2 Å². The van der Waals surface area contributed by atoms with Crippen LogP contribution in [0, 0.1) is 0 Å². The van der Waals surface area contributed by atoms with E-state index in [4.69, 9.17) is 5.73 Å². The zero-order chi connectivity index (χ0) is 13.3. The van der Waals surface area contributed by atoms with Gasteiger partial charge in [0.25, 0.3) is 0 Å². The number of nitrogens with one attached hydrogen (secondary N) is 1. The zero-order valence-corrected chi connectivity index (χ0v) is 12.2. The van der Waals surface area contributed by atoms with Crippen molar-refractivity contribution in [3.8, 4) is 0 Å². The molecule has 0 aliphatic heterocycles. The standard InChI is InChI=1S/C13H30N4/c1-6-17(7-2)11-9-8-10-15-12(14)16-13(3,4)5/h6-11H2,1-5H3,(H3,14,15,16). The van der Waals surface area contributed by atoms with Crippen molar-refractivity contribution in [1.82, 2.24) is 10.2 Å². The van der Waals surface area contributed by atoms with E-state index in [0.717, 1.165) is 32.6 Å². The number of hydrogen-bond acceptors (Lipinski definition) is 2. The summed E-state index contributed by atoms with van der Waals surface area (Å²) < 4.78 is 0. The predicted molar refractivity (Wildman–Crippen MR) is 76.4 cm³/mol. The highest BCUT2D eigenvalue weighted by molar-refractivity contribution is 5.78. The molecule has 17 heavy (non-hydrogen) atoms. The van der Waals surface area contributed by atoms with Gasteiger partial charge in [-0.05, 0) is 53.2 Å². The van der Waals surface area contributed by atoms with Crippen molar-refractivity contribution in [2.45, 2.75) is 53.0 Å². The minimum atomic E-state index is -0.00515. The summed E-state index contributed by atoms with van der Waals surface area (Å²) in [7, 11) is 0. The molecule has 0 atom stereocenters. The number of nitrogens with zero attached hydrogens (tertiary/aromatic N) is 2. The molecule has 0 aromatic carbocycles. The Morgan fingerprint density at radius 1 is 1.18 bits per heavy atom. The molecule has 0 aliphatic carbocycles. The van der Waals surface area contributed by atoms with Gasteiger partial charge < -0.3 is 16.0 Å². The summed E-state index contributed by atoms with van der Waals surface area (Å²) in [6, 6.07) is 0. The number of rotatable bonds is 7. The summed E-state index contributed by atoms with van der Waals surface area (Å²) in [5.74, 6) is 0.556. The van der Waals surface area contributed by atoms with Crippen molar-refractivity contribution < 1.29 is 0 Å². The van der Waals surface area contributed by atoms with Gasteiger partial charge in [0.1, 0.15) is 0 Å². The van der Waals surface area contributed by atoms with E-state index in [1.165, 1.54) is 6.42 Å². The van der Waals surface area contributed by atoms with Gasteiger partial charge in [-0.2, -0.15) is 0 Å². The molecular formula is C13H30N4. The van der Waals surface area contributed by atoms with Gasteiger partial charge in [-0.15, -0.1) is 0 Å². The third-order valence-corrected chi connectivity index (χ3v) is 2.56. The Labute approximate surface area is 107 Å². The van der Waals surface area contributed by atoms with Crippen LogP contribution in [0.5, 0.6) is 0 Å². The van der Waals surface area contributed by atoms with Crippen LogP contribution in [0.3, 0.4) is 0 Å². The maximum atomic E-state index is 5.78. The van der Waals surface area contributed by atoms with Gasteiger partial charge in [0.2, 0.25) is 0 Å². The van der Waals surface area contributed by atoms with Crippen LogP contribution in [0.2, 0.25) is 0 Å². The lowest BCUT2D eigenvalue weighted by atomic mass is 10.1. The van der Waals surface area contributed by atoms with Crippen molar-refractivity contribution >= 4 is 5.96 Å². The van der Waals surface area contributed by atoms with E-state index in [1.807, 2.05) is 0 Å². The van der Waals surface area contributed by atoms with E-state index in [1.54, 1.807) is 0 Å². The molecule has 0 aromatic rings. The van der Waals surface area contributed by atoms with Crippen LogP contribution in [0.25, 0.3) is 0 Å². The second-order valence-electron chi connectivity index (χ2n) is 5.38. The summed E-state index contributed by atoms with van der Waals surface area (Å²) in [5, 5.41) is 3.16. The normalized spacial score (nSPS) is 13.2. The van der Waals surface area contributed by atoms with Crippen molar-refractivity contribution in [3.63, 3.8) is 0 Å². The van der Waals surface area contributed by atoms with Gasteiger partial charge in [-0.1, -0.05) is 13.8 Å². The van der Waals surface area contributed by atoms with Gasteiger partial charge in [0.05, 0.1) is 0 Å². The van der Waals surface area contributed by atoms with E-state index >= 15 is 0 Å². The fourth-order valence-electron chi connectivity index (χ4n) is 1.61. The van der Waals surface area contributed by atoms with Crippen molar-refractivity contribution in [1.29, 1.82) is 0 Å². The highest BCUT2D eigenvalue weighted by Crippen LogP contribution is 1.98. The topological polar surface area (TPSA) is 53.6 Å². The number of nitrogens with two attached hydrogens (primary N) is 1. The summed E-state index contributed by atoms with van der Waals surface area (Å²) >= 11 is 0. The number of unbranched alkanes of at least 4 members (excludes halogenated alkanes) is 1. The van der Waals surface area contributed by atoms with E-state index in [0.29, 0.717) is 5.96 Å². The van der Waals surface area contributed by atoms with Crippen molar-refractivity contribution in [3.05, 3.63) is 0 Å². The fourth-order valence-corrected chi connectivity index (χ4v) is 1.61. The molecule has 0 radical (unpaired) electrons. The first kappa shape index (κ1) is 16.2. The average molecular weight is 242 g/mol. The highest BCUT2D eigenvalue weighted by atomic mass is 15.1. The molecule has 0 spiro atoms. The molecule has 4 heteroatoms. The second kappa shape index (κ2) is 8.34. The molecular weight excluding hydrogens is 212 g/mol. The SMILES string of the molecule is CCN(CC)CCCCN=C(N)NC(C)(C)C. The molecule has 0 fully saturated rings. The lowest BCUT2D eigenvalue weighted by molar-refractivity contribution is 0.297. The van der Waals surface area contributed by atoms with Gasteiger partial charge in [-0.25, -0.2) is 0 Å². The molecule has 4 nitrogen and oxygen atoms in total. The minimum absolute atomic E-state index is 0.00515. The zero-order valence-electron chi connectivity index (χ0n) is 12.2. The molecule has 0 saturated carbocycles. The van der Waals surface area contributed by atoms with Crippen molar-refractivity contribution in [2.24, 2.45) is 10.7 Å². The molecule has 102 valence electrons. The van der Waals surface area contributed by atoms with Crippen LogP contribution in [0.1, 0.15) is 47.5 Å². The number of hydrogen-bond donors (Lipinski definition) is 2. The minimum Gasteiger partial charge on any atom is -0.370 e. The molecule has 0 bridgehead atoms. The fraction of sp³-hybridized carbons (Fsp3) is 0.923. The Kier molecular flexibility index (Phi) is 7.96. The quantitative estimate of drug-likeness (QED) is 0.407. The maximum Gasteiger partial charge on any atom is 0.188 e. The lowest BCUT2D eigenvalue weighted by Gasteiger charge is -2.21. The largest absolute Gasteiger partial charge is 0.370 e. The monoisotopic (exact) mass is 242 g/mol. The highest BCUT2D eigenvalue weighted by Gasteiger charge is 2.09. The van der Waals surface area contributed by atoms with Crippen LogP contribution in [0.15, 0.2) is 4.99 Å². The summed E-state index contributed by atoms with van der Waals surface area (Å²) in [5.41, 5.74) is 5.78. The molecule has 0 heterocycles. The van der Waals surface area contributed by atoms with E-state index in [9.17, 15) is 0 Å². The Bertz CT molecular complexity index is 214. The molecule has 0 aromatic heterocycles. The molecule has 0 saturated heterocycles. The van der Waals surface area contributed by atoms with E-state index < -0.39 is 0 Å². The van der Waals surface area contributed by atoms with E-state index in [-0.39, 0.29) is 5.54 Å². The molecule has 3 N–H and O–H groups in total. The lowest BCUT2D eigenvalue weighted by Crippen LogP contribution is -2.45. The van der Waals surface area contributed by atoms with Crippen LogP contribution >= 0.6 is 0 Å². The predicted octanol–water partition coefficient (Wildman–Crippen LogP) is 1.81. The third-order valence-electron chi connectivity index (χ3n) is 2.56. The van der Waals surface area contributed by atoms with E-state index in [2.05, 4.69) is 49.8 Å². The van der Waals surface area contributed by atoms with Crippen LogP contribution < -0.4 is 11.1 Å². The molecule has 0 rings (SSSR count). The summed E-state index contributed by atoms with van der Waals surface area (Å²) in [6.45, 7) is 14.9. The maximum absolute atomic E-state index is 5.78. The van der Waals surface area contributed by atoms with Gasteiger partial charge in [-0.3, -0.25) is 4.99 Å². The number of guanidine groups is 1. The Morgan fingerprint density at radius 2 is 1.76 bits per heavy atom. The molecule has 0 aliphatic rings. The molecule has 0 unspecified atom stereocenters. The second-order valence-corrected chi connectivity index (χ2v) is 5.38. The summed E-state index contributed by atoms with van der Waals surface area (Å²) in [4.78, 5) is 6.75. The first-order valence-electron chi connectivity index (χ1n) is 6.69. The third kappa shape index (κ3) is 10.1. The van der Waals surface area contributed by atoms with Gasteiger partial charge >= 0.3 is 0 Å². The van der Waals surface area contributed by atoms with Gasteiger partial charge in [0.15, 0.2) is 5.96 Å². The first-order chi connectivity index (χ1) is 7.89. The van der Waals surface area contributed by atoms with Crippen LogP contribution in [0.4, 0.5) is 0 Å². The Balaban J connectivity index is 3.66. The smallest absolute Gasteiger partial charge is 0.188 e. The Morgan fingerprint density at radius 3 is 2.24 bits per heavy atom. The van der Waals surface area contributed by atoms with Gasteiger partial charge in [0, 0.05) is 12.1 Å². The summed E-state index contributed by atoms with van der Waals surface area (Å²) in [6.07, 6.45) is 2.29. The average Bonchev–Trinajstić information content (AvgIpc) is 2.21. The first-order valence-corrected chi connectivity index (χ1v) is 6.69. The number of aliphatic imine (C=N–C) groups is 1. The Hall–Kier alpha value is -0.770.